The first-order chi connectivity index (χ1) is 7.52. The van der Waals surface area contributed by atoms with Gasteiger partial charge in [0.2, 0.25) is 5.82 Å². The van der Waals surface area contributed by atoms with Gasteiger partial charge < -0.3 is 0 Å². The van der Waals surface area contributed by atoms with Crippen LogP contribution < -0.4 is 0 Å². The molecule has 0 radical (unpaired) electrons. The number of terminal acetylenes is 1. The van der Waals surface area contributed by atoms with E-state index in [4.69, 9.17) is 6.42 Å². The van der Waals surface area contributed by atoms with Crippen LogP contribution in [0.5, 0.6) is 0 Å². The van der Waals surface area contributed by atoms with Crippen molar-refractivity contribution >= 4 is 5.69 Å². The Morgan fingerprint density at radius 3 is 2.50 bits per heavy atom. The summed E-state index contributed by atoms with van der Waals surface area (Å²) in [6, 6.07) is 1.69. The highest BCUT2D eigenvalue weighted by Crippen LogP contribution is 2.50. The topological polar surface area (TPSA) is 43.1 Å². The Kier molecular flexibility index (Phi) is 2.16. The molecule has 16 heavy (non-hydrogen) atoms. The van der Waals surface area contributed by atoms with E-state index in [9.17, 15) is 18.9 Å². The molecule has 0 aliphatic heterocycles. The van der Waals surface area contributed by atoms with Gasteiger partial charge in [-0.2, -0.15) is 4.39 Å². The molecule has 0 heterocycles. The van der Waals surface area contributed by atoms with Crippen LogP contribution in [-0.4, -0.2) is 4.92 Å². The van der Waals surface area contributed by atoms with Crippen molar-refractivity contribution in [2.75, 3.05) is 0 Å². The van der Waals surface area contributed by atoms with Crippen LogP contribution in [0.2, 0.25) is 0 Å². The van der Waals surface area contributed by atoms with Crippen molar-refractivity contribution in [3.63, 3.8) is 0 Å². The van der Waals surface area contributed by atoms with Crippen LogP contribution in [0, 0.1) is 34.1 Å². The summed E-state index contributed by atoms with van der Waals surface area (Å²) in [5.41, 5.74) is -2.07. The molecule has 0 bridgehead atoms. The van der Waals surface area contributed by atoms with E-state index in [1.165, 1.54) is 0 Å². The maximum Gasteiger partial charge on any atom is 0.305 e. The predicted molar refractivity (Wildman–Crippen MR) is 52.8 cm³/mol. The fraction of sp³-hybridized carbons (Fsp3) is 0.273. The Morgan fingerprint density at radius 2 is 2.06 bits per heavy atom. The summed E-state index contributed by atoms with van der Waals surface area (Å²) < 4.78 is 27.2. The number of halogens is 2. The molecule has 1 aromatic carbocycles. The highest BCUT2D eigenvalue weighted by atomic mass is 19.1. The largest absolute Gasteiger partial charge is 0.305 e. The summed E-state index contributed by atoms with van der Waals surface area (Å²) in [7, 11) is 0. The first-order valence-corrected chi connectivity index (χ1v) is 4.62. The smallest absolute Gasteiger partial charge is 0.258 e. The summed E-state index contributed by atoms with van der Waals surface area (Å²) >= 11 is 0. The van der Waals surface area contributed by atoms with Crippen molar-refractivity contribution in [2.45, 2.75) is 18.3 Å². The van der Waals surface area contributed by atoms with Crippen molar-refractivity contribution in [1.82, 2.24) is 0 Å². The molecule has 1 fully saturated rings. The van der Waals surface area contributed by atoms with E-state index in [1.54, 1.807) is 0 Å². The second-order valence-corrected chi connectivity index (χ2v) is 3.74. The van der Waals surface area contributed by atoms with Gasteiger partial charge >= 0.3 is 5.69 Å². The van der Waals surface area contributed by atoms with E-state index in [1.807, 2.05) is 0 Å². The molecule has 0 aromatic heterocycles. The van der Waals surface area contributed by atoms with E-state index in [2.05, 4.69) is 5.92 Å². The lowest BCUT2D eigenvalue weighted by atomic mass is 9.95. The molecule has 0 spiro atoms. The molecule has 0 amide bonds. The van der Waals surface area contributed by atoms with Crippen LogP contribution in [0.3, 0.4) is 0 Å². The molecule has 0 N–H and O–H groups in total. The first-order valence-electron chi connectivity index (χ1n) is 4.62. The monoisotopic (exact) mass is 223 g/mol. The molecule has 1 saturated carbocycles. The number of benzene rings is 1. The molecule has 1 aliphatic carbocycles. The quantitative estimate of drug-likeness (QED) is 0.439. The molecular weight excluding hydrogens is 216 g/mol. The fourth-order valence-electron chi connectivity index (χ4n) is 1.71. The highest BCUT2D eigenvalue weighted by molar-refractivity contribution is 5.48. The lowest BCUT2D eigenvalue weighted by Crippen LogP contribution is -2.11. The zero-order chi connectivity index (χ0) is 11.9. The van der Waals surface area contributed by atoms with E-state index >= 15 is 0 Å². The number of nitro groups is 1. The summed E-state index contributed by atoms with van der Waals surface area (Å²) in [5, 5.41) is 10.5. The van der Waals surface area contributed by atoms with E-state index in [-0.39, 0.29) is 5.56 Å². The van der Waals surface area contributed by atoms with E-state index < -0.39 is 27.7 Å². The molecule has 5 heteroatoms. The number of nitro benzene ring substituents is 1. The van der Waals surface area contributed by atoms with Crippen LogP contribution in [-0.2, 0) is 5.41 Å². The average molecular weight is 223 g/mol. The molecule has 0 unspecified atom stereocenters. The molecule has 1 aliphatic rings. The van der Waals surface area contributed by atoms with Crippen molar-refractivity contribution in [2.24, 2.45) is 0 Å². The first kappa shape index (κ1) is 10.6. The van der Waals surface area contributed by atoms with Gasteiger partial charge in [-0.05, 0) is 18.9 Å². The summed E-state index contributed by atoms with van der Waals surface area (Å²) in [5.74, 6) is 0.341. The van der Waals surface area contributed by atoms with E-state index in [0.29, 0.717) is 12.8 Å². The average Bonchev–Trinajstić information content (AvgIpc) is 2.98. The number of hydrogen-bond acceptors (Lipinski definition) is 2. The normalized spacial score (nSPS) is 16.6. The second-order valence-electron chi connectivity index (χ2n) is 3.74. The standard InChI is InChI=1S/C11H7F2NO2/c1-2-11(5-6-11)9-7(12)3-4-8(10(9)13)14(15)16/h1,3-4H,5-6H2. The molecule has 0 atom stereocenters. The predicted octanol–water partition coefficient (Wildman–Crippen LogP) is 2.54. The van der Waals surface area contributed by atoms with Gasteiger partial charge in [0.25, 0.3) is 0 Å². The van der Waals surface area contributed by atoms with Crippen molar-refractivity contribution in [1.29, 1.82) is 0 Å². The third-order valence-electron chi connectivity index (χ3n) is 2.77. The Morgan fingerprint density at radius 1 is 1.44 bits per heavy atom. The summed E-state index contributed by atoms with van der Waals surface area (Å²) in [6.07, 6.45) is 6.13. The van der Waals surface area contributed by atoms with Gasteiger partial charge in [0.15, 0.2) is 0 Å². The van der Waals surface area contributed by atoms with E-state index in [0.717, 1.165) is 12.1 Å². The summed E-state index contributed by atoms with van der Waals surface area (Å²) in [6.45, 7) is 0. The number of nitrogens with zero attached hydrogens (tertiary/aromatic N) is 1. The Balaban J connectivity index is 2.66. The van der Waals surface area contributed by atoms with Gasteiger partial charge in [-0.25, -0.2) is 4.39 Å². The van der Waals surface area contributed by atoms with Gasteiger partial charge in [-0.3, -0.25) is 10.1 Å². The van der Waals surface area contributed by atoms with Gasteiger partial charge in [0.1, 0.15) is 5.82 Å². The Hall–Kier alpha value is -1.96. The lowest BCUT2D eigenvalue weighted by molar-refractivity contribution is -0.387. The van der Waals surface area contributed by atoms with Crippen LogP contribution in [0.4, 0.5) is 14.5 Å². The second kappa shape index (κ2) is 3.27. The Labute approximate surface area is 90.2 Å². The molecular formula is C11H7F2NO2. The third-order valence-corrected chi connectivity index (χ3v) is 2.77. The van der Waals surface area contributed by atoms with Crippen LogP contribution >= 0.6 is 0 Å². The zero-order valence-electron chi connectivity index (χ0n) is 8.17. The third kappa shape index (κ3) is 1.34. The molecule has 82 valence electrons. The van der Waals surface area contributed by atoms with Gasteiger partial charge in [0, 0.05) is 11.6 Å². The van der Waals surface area contributed by atoms with Crippen molar-refractivity contribution in [3.8, 4) is 12.3 Å². The number of hydrogen-bond donors (Lipinski definition) is 0. The summed E-state index contributed by atoms with van der Waals surface area (Å²) in [4.78, 5) is 9.63. The number of rotatable bonds is 2. The minimum atomic E-state index is -1.15. The van der Waals surface area contributed by atoms with Crippen LogP contribution in [0.1, 0.15) is 18.4 Å². The van der Waals surface area contributed by atoms with Gasteiger partial charge in [-0.1, -0.05) is 5.92 Å². The van der Waals surface area contributed by atoms with Gasteiger partial charge in [0.05, 0.1) is 10.3 Å². The molecule has 2 rings (SSSR count). The zero-order valence-corrected chi connectivity index (χ0v) is 8.17. The van der Waals surface area contributed by atoms with Crippen molar-refractivity contribution in [3.05, 3.63) is 39.4 Å². The minimum absolute atomic E-state index is 0.343. The van der Waals surface area contributed by atoms with Crippen LogP contribution in [0.15, 0.2) is 12.1 Å². The molecule has 1 aromatic rings. The highest BCUT2D eigenvalue weighted by Gasteiger charge is 2.48. The van der Waals surface area contributed by atoms with Crippen molar-refractivity contribution < 1.29 is 13.7 Å². The Bertz CT molecular complexity index is 515. The maximum atomic E-state index is 13.7. The minimum Gasteiger partial charge on any atom is -0.258 e. The molecule has 0 saturated heterocycles. The SMILES string of the molecule is C#CC1(c2c(F)ccc([N+](=O)[O-])c2F)CC1. The van der Waals surface area contributed by atoms with Crippen LogP contribution in [0.25, 0.3) is 0 Å². The fourth-order valence-corrected chi connectivity index (χ4v) is 1.71. The van der Waals surface area contributed by atoms with Gasteiger partial charge in [-0.15, -0.1) is 6.42 Å². The maximum absolute atomic E-state index is 13.7. The molecule has 3 nitrogen and oxygen atoms in total. The lowest BCUT2D eigenvalue weighted by Gasteiger charge is -2.10.